The molecule has 3 aromatic carbocycles. The van der Waals surface area contributed by atoms with E-state index in [1.54, 1.807) is 31.5 Å². The minimum atomic E-state index is -0.783. The molecule has 0 unspecified atom stereocenters. The Morgan fingerprint density at radius 1 is 0.750 bits per heavy atom. The number of aromatic nitrogens is 1. The number of carbonyl (C=O) groups is 1. The number of pyridine rings is 1. The van der Waals surface area contributed by atoms with Crippen molar-refractivity contribution in [2.45, 2.75) is 50.8 Å². The summed E-state index contributed by atoms with van der Waals surface area (Å²) in [5, 5.41) is 0. The molecule has 0 aliphatic carbocycles. The first-order valence-electron chi connectivity index (χ1n) is 14.6. The highest BCUT2D eigenvalue weighted by atomic mass is 32.1. The van der Waals surface area contributed by atoms with Crippen molar-refractivity contribution < 1.29 is 33.3 Å². The van der Waals surface area contributed by atoms with Gasteiger partial charge >= 0.3 is 5.97 Å². The number of methoxy groups -OCH3 is 1. The maximum Gasteiger partial charge on any atom is 0.333 e. The summed E-state index contributed by atoms with van der Waals surface area (Å²) in [7, 11) is 1.55. The second kappa shape index (κ2) is 16.4. The Hall–Kier alpha value is -3.70. The minimum absolute atomic E-state index is 0.0581. The lowest BCUT2D eigenvalue weighted by Crippen LogP contribution is -2.58. The third-order valence-electron chi connectivity index (χ3n) is 7.36. The van der Waals surface area contributed by atoms with E-state index in [4.69, 9.17) is 40.7 Å². The summed E-state index contributed by atoms with van der Waals surface area (Å²) >= 11 is 5.31. The molecule has 0 radical (unpaired) electrons. The van der Waals surface area contributed by atoms with E-state index in [0.717, 1.165) is 16.7 Å². The van der Waals surface area contributed by atoms with Crippen molar-refractivity contribution in [1.82, 2.24) is 4.73 Å². The molecule has 2 heterocycles. The zero-order chi connectivity index (χ0) is 30.6. The molecule has 8 nitrogen and oxygen atoms in total. The van der Waals surface area contributed by atoms with Gasteiger partial charge in [-0.1, -0.05) is 109 Å². The second-order valence-electron chi connectivity index (χ2n) is 10.5. The highest BCUT2D eigenvalue weighted by Gasteiger charge is 2.49. The molecule has 0 amide bonds. The van der Waals surface area contributed by atoms with Crippen molar-refractivity contribution in [3.05, 3.63) is 137 Å². The van der Waals surface area contributed by atoms with Crippen molar-refractivity contribution >= 4 is 18.2 Å². The van der Waals surface area contributed by atoms with Gasteiger partial charge < -0.3 is 28.5 Å². The van der Waals surface area contributed by atoms with Gasteiger partial charge in [-0.2, -0.15) is 4.73 Å². The molecule has 0 bridgehead atoms. The summed E-state index contributed by atoms with van der Waals surface area (Å²) in [6.45, 7) is 1.27. The average molecular weight is 616 g/mol. The molecule has 9 heteroatoms. The van der Waals surface area contributed by atoms with E-state index >= 15 is 0 Å². The maximum atomic E-state index is 13.3. The lowest BCUT2D eigenvalue weighted by molar-refractivity contribution is -0.300. The predicted octanol–water partition coefficient (Wildman–Crippen LogP) is 5.94. The van der Waals surface area contributed by atoms with Crippen LogP contribution in [-0.4, -0.2) is 49.0 Å². The number of benzene rings is 3. The Bertz CT molecular complexity index is 1490. The lowest BCUT2D eigenvalue weighted by Gasteiger charge is -2.45. The first-order chi connectivity index (χ1) is 21.6. The van der Waals surface area contributed by atoms with Crippen molar-refractivity contribution in [3.63, 3.8) is 0 Å². The summed E-state index contributed by atoms with van der Waals surface area (Å²) in [4.78, 5) is 18.9. The van der Waals surface area contributed by atoms with E-state index in [0.29, 0.717) is 24.5 Å². The van der Waals surface area contributed by atoms with Crippen molar-refractivity contribution in [2.75, 3.05) is 13.7 Å². The van der Waals surface area contributed by atoms with Crippen LogP contribution in [0.25, 0.3) is 0 Å². The zero-order valence-electron chi connectivity index (χ0n) is 24.6. The topological polar surface area (TPSA) is 77.4 Å². The molecule has 4 aromatic rings. The maximum absolute atomic E-state index is 13.3. The van der Waals surface area contributed by atoms with Gasteiger partial charge in [-0.05, 0) is 28.8 Å². The Labute approximate surface area is 263 Å². The monoisotopic (exact) mass is 615 g/mol. The number of hydrogen-bond acceptors (Lipinski definition) is 8. The van der Waals surface area contributed by atoms with Gasteiger partial charge in [-0.25, -0.2) is 4.79 Å². The van der Waals surface area contributed by atoms with Crippen molar-refractivity contribution in [3.8, 4) is 0 Å². The normalized spacial score (nSPS) is 21.5. The second-order valence-corrected chi connectivity index (χ2v) is 10.9. The number of ether oxygens (including phenoxy) is 5. The van der Waals surface area contributed by atoms with Crippen LogP contribution in [0.5, 0.6) is 0 Å². The smallest absolute Gasteiger partial charge is 0.333 e. The molecule has 5 rings (SSSR count). The molecule has 44 heavy (non-hydrogen) atoms. The van der Waals surface area contributed by atoms with Crippen LogP contribution in [-0.2, 0) is 48.3 Å². The van der Waals surface area contributed by atoms with E-state index in [-0.39, 0.29) is 13.0 Å². The minimum Gasteiger partial charge on any atom is -0.374 e. The SMILES string of the molecule is CO[C@@H]1O[C@H](COCc2ccccc2)[C@H](OCc2ccccc2)[C@H](OCc2ccccc2)[C@H]1CC(=O)On1ccccc1=S. The Morgan fingerprint density at radius 3 is 1.86 bits per heavy atom. The molecule has 1 aliphatic rings. The summed E-state index contributed by atoms with van der Waals surface area (Å²) in [6, 6.07) is 34.9. The van der Waals surface area contributed by atoms with E-state index in [1.807, 2.05) is 91.0 Å². The zero-order valence-corrected chi connectivity index (χ0v) is 25.4. The van der Waals surface area contributed by atoms with Crippen LogP contribution in [0, 0.1) is 10.6 Å². The Morgan fingerprint density at radius 2 is 1.30 bits per heavy atom. The third-order valence-corrected chi connectivity index (χ3v) is 7.67. The first kappa shape index (κ1) is 31.7. The van der Waals surface area contributed by atoms with E-state index in [2.05, 4.69) is 0 Å². The summed E-state index contributed by atoms with van der Waals surface area (Å²) < 4.78 is 33.2. The van der Waals surface area contributed by atoms with Gasteiger partial charge in [-0.3, -0.25) is 0 Å². The molecule has 1 fully saturated rings. The van der Waals surface area contributed by atoms with Gasteiger partial charge in [0.25, 0.3) is 0 Å². The summed E-state index contributed by atoms with van der Waals surface area (Å²) in [5.41, 5.74) is 3.04. The van der Waals surface area contributed by atoms with Gasteiger partial charge in [0.2, 0.25) is 0 Å². The van der Waals surface area contributed by atoms with E-state index in [9.17, 15) is 4.79 Å². The van der Waals surface area contributed by atoms with Crippen LogP contribution in [0.2, 0.25) is 0 Å². The highest BCUT2D eigenvalue weighted by Crippen LogP contribution is 2.35. The fourth-order valence-corrected chi connectivity index (χ4v) is 5.36. The number of nitrogens with zero attached hydrogens (tertiary/aromatic N) is 1. The standard InChI is InChI=1S/C35H37NO7S/c1-38-35-29(21-32(37)43-36-20-12-11-19-31(36)44)33(40-23-27-15-7-3-8-16-27)34(41-24-28-17-9-4-10-18-28)30(42-35)25-39-22-26-13-5-2-6-14-26/h2-20,29-30,33-35H,21-25H2,1H3/t29-,30-,33-,34+,35-/m1/s1. The average Bonchev–Trinajstić information content (AvgIpc) is 3.06. The molecule has 0 saturated carbocycles. The largest absolute Gasteiger partial charge is 0.374 e. The predicted molar refractivity (Wildman–Crippen MR) is 167 cm³/mol. The van der Waals surface area contributed by atoms with E-state index < -0.39 is 36.5 Å². The van der Waals surface area contributed by atoms with Crippen molar-refractivity contribution in [1.29, 1.82) is 0 Å². The molecule has 1 saturated heterocycles. The first-order valence-corrected chi connectivity index (χ1v) is 15.0. The van der Waals surface area contributed by atoms with Gasteiger partial charge in [0, 0.05) is 19.2 Å². The van der Waals surface area contributed by atoms with Crippen LogP contribution in [0.1, 0.15) is 23.1 Å². The van der Waals surface area contributed by atoms with Gasteiger partial charge in [0.1, 0.15) is 16.8 Å². The number of carbonyl (C=O) groups excluding carboxylic acids is 1. The molecule has 1 aromatic heterocycles. The van der Waals surface area contributed by atoms with Crippen LogP contribution < -0.4 is 4.84 Å². The highest BCUT2D eigenvalue weighted by molar-refractivity contribution is 7.71. The molecule has 230 valence electrons. The fourth-order valence-electron chi connectivity index (χ4n) is 5.19. The summed E-state index contributed by atoms with van der Waals surface area (Å²) in [5.74, 6) is -1.06. The van der Waals surface area contributed by atoms with Gasteiger partial charge in [0.05, 0.1) is 39.0 Å². The molecule has 5 atom stereocenters. The van der Waals surface area contributed by atoms with Crippen LogP contribution in [0.3, 0.4) is 0 Å². The van der Waals surface area contributed by atoms with Crippen molar-refractivity contribution in [2.24, 2.45) is 5.92 Å². The van der Waals surface area contributed by atoms with Gasteiger partial charge in [-0.15, -0.1) is 0 Å². The number of rotatable bonds is 14. The van der Waals surface area contributed by atoms with Crippen LogP contribution >= 0.6 is 12.2 Å². The quantitative estimate of drug-likeness (QED) is 0.162. The van der Waals surface area contributed by atoms with Gasteiger partial charge in [0.15, 0.2) is 6.29 Å². The molecule has 0 N–H and O–H groups in total. The molecule has 1 aliphatic heterocycles. The number of hydrogen-bond donors (Lipinski definition) is 0. The molecule has 0 spiro atoms. The lowest BCUT2D eigenvalue weighted by atomic mass is 9.87. The molecular formula is C35H37NO7S. The van der Waals surface area contributed by atoms with E-state index in [1.165, 1.54) is 4.73 Å². The summed E-state index contributed by atoms with van der Waals surface area (Å²) in [6.07, 6.45) is -0.966. The van der Waals surface area contributed by atoms with Crippen LogP contribution in [0.15, 0.2) is 115 Å². The fraction of sp³-hybridized carbons (Fsp3) is 0.314. The Kier molecular flexibility index (Phi) is 11.8. The van der Waals surface area contributed by atoms with Crippen LogP contribution in [0.4, 0.5) is 0 Å². The Balaban J connectivity index is 1.40. The molecular weight excluding hydrogens is 578 g/mol. The third kappa shape index (κ3) is 8.92.